The zero-order chi connectivity index (χ0) is 16.6. The van der Waals surface area contributed by atoms with E-state index in [2.05, 4.69) is 11.5 Å². The molecule has 1 aromatic heterocycles. The summed E-state index contributed by atoms with van der Waals surface area (Å²) in [6, 6.07) is 6.92. The van der Waals surface area contributed by atoms with E-state index in [4.69, 9.17) is 5.73 Å². The van der Waals surface area contributed by atoms with Crippen molar-refractivity contribution in [2.24, 2.45) is 5.73 Å². The van der Waals surface area contributed by atoms with Gasteiger partial charge in [-0.15, -0.1) is 0 Å². The van der Waals surface area contributed by atoms with E-state index in [0.717, 1.165) is 54.6 Å². The average molecular weight is 314 g/mol. The van der Waals surface area contributed by atoms with Crippen LogP contribution in [-0.4, -0.2) is 10.5 Å². The number of benzene rings is 1. The highest BCUT2D eigenvalue weighted by Crippen LogP contribution is 2.43. The fourth-order valence-electron chi connectivity index (χ4n) is 3.44. The maximum Gasteiger partial charge on any atom is 0.251 e. The molecular formula is C19H23FN2O. The van der Waals surface area contributed by atoms with Crippen LogP contribution in [0.4, 0.5) is 4.39 Å². The molecule has 1 saturated carbocycles. The van der Waals surface area contributed by atoms with E-state index in [0.29, 0.717) is 11.6 Å². The van der Waals surface area contributed by atoms with Gasteiger partial charge in [0.05, 0.1) is 5.56 Å². The number of halogens is 1. The molecule has 0 bridgehead atoms. The molecule has 3 nitrogen and oxygen atoms in total. The molecule has 122 valence electrons. The second kappa shape index (κ2) is 6.19. The molecule has 0 spiro atoms. The number of carbonyl (C=O) groups is 1. The normalized spacial score (nSPS) is 14.2. The fraction of sp³-hybridized carbons (Fsp3) is 0.421. The van der Waals surface area contributed by atoms with Crippen molar-refractivity contribution in [3.05, 3.63) is 47.0 Å². The zero-order valence-corrected chi connectivity index (χ0v) is 13.7. The van der Waals surface area contributed by atoms with Gasteiger partial charge in [-0.3, -0.25) is 4.79 Å². The minimum Gasteiger partial charge on any atom is -0.366 e. The number of primary amides is 1. The van der Waals surface area contributed by atoms with E-state index in [-0.39, 0.29) is 5.82 Å². The lowest BCUT2D eigenvalue weighted by molar-refractivity contribution is 0.1000. The van der Waals surface area contributed by atoms with Crippen molar-refractivity contribution < 1.29 is 9.18 Å². The van der Waals surface area contributed by atoms with Crippen molar-refractivity contribution in [1.29, 1.82) is 0 Å². The van der Waals surface area contributed by atoms with Crippen molar-refractivity contribution in [1.82, 2.24) is 4.57 Å². The lowest BCUT2D eigenvalue weighted by Gasteiger charge is -2.12. The minimum atomic E-state index is -0.432. The summed E-state index contributed by atoms with van der Waals surface area (Å²) in [5, 5.41) is 0. The van der Waals surface area contributed by atoms with Crippen LogP contribution in [0, 0.1) is 12.7 Å². The largest absolute Gasteiger partial charge is 0.366 e. The zero-order valence-electron chi connectivity index (χ0n) is 13.7. The number of hydrogen-bond donors (Lipinski definition) is 1. The van der Waals surface area contributed by atoms with Crippen molar-refractivity contribution >= 4 is 5.91 Å². The first-order chi connectivity index (χ1) is 11.0. The van der Waals surface area contributed by atoms with Gasteiger partial charge in [0.15, 0.2) is 0 Å². The second-order valence-electron chi connectivity index (χ2n) is 6.36. The molecule has 23 heavy (non-hydrogen) atoms. The van der Waals surface area contributed by atoms with Gasteiger partial charge < -0.3 is 10.3 Å². The van der Waals surface area contributed by atoms with Crippen LogP contribution >= 0.6 is 0 Å². The van der Waals surface area contributed by atoms with Crippen LogP contribution in [0.5, 0.6) is 0 Å². The number of carbonyl (C=O) groups excluding carboxylic acids is 1. The van der Waals surface area contributed by atoms with Crippen molar-refractivity contribution in [3.8, 4) is 11.1 Å². The molecule has 1 amide bonds. The Kier molecular flexibility index (Phi) is 4.24. The molecule has 4 heteroatoms. The summed E-state index contributed by atoms with van der Waals surface area (Å²) in [6.45, 7) is 4.10. The topological polar surface area (TPSA) is 48.0 Å². The minimum absolute atomic E-state index is 0.295. The summed E-state index contributed by atoms with van der Waals surface area (Å²) in [6.07, 6.45) is 5.26. The lowest BCUT2D eigenvalue weighted by atomic mass is 9.97. The van der Waals surface area contributed by atoms with Gasteiger partial charge in [0, 0.05) is 23.0 Å². The highest BCUT2D eigenvalue weighted by Gasteiger charge is 2.32. The first-order valence-corrected chi connectivity index (χ1v) is 8.34. The Hall–Kier alpha value is -2.10. The predicted molar refractivity (Wildman–Crippen MR) is 90.0 cm³/mol. The first-order valence-electron chi connectivity index (χ1n) is 8.34. The number of unbranched alkanes of at least 4 members (excludes halogenated alkanes) is 1. The van der Waals surface area contributed by atoms with E-state index in [1.165, 1.54) is 12.1 Å². The molecule has 0 aliphatic heterocycles. The maximum atomic E-state index is 13.7. The summed E-state index contributed by atoms with van der Waals surface area (Å²) in [5.74, 6) is -0.727. The average Bonchev–Trinajstić information content (AvgIpc) is 3.29. The Balaban J connectivity index is 2.25. The van der Waals surface area contributed by atoms with Crippen LogP contribution in [0.1, 0.15) is 60.4 Å². The number of hydrogen-bond acceptors (Lipinski definition) is 1. The monoisotopic (exact) mass is 314 g/mol. The quantitative estimate of drug-likeness (QED) is 0.845. The predicted octanol–water partition coefficient (Wildman–Crippen LogP) is 4.38. The molecule has 1 aromatic carbocycles. The Morgan fingerprint density at radius 3 is 2.70 bits per heavy atom. The Labute approximate surface area is 136 Å². The van der Waals surface area contributed by atoms with Crippen LogP contribution in [0.3, 0.4) is 0 Å². The molecular weight excluding hydrogens is 291 g/mol. The second-order valence-corrected chi connectivity index (χ2v) is 6.36. The van der Waals surface area contributed by atoms with Crippen LogP contribution in [0.25, 0.3) is 11.1 Å². The van der Waals surface area contributed by atoms with Gasteiger partial charge in [0.1, 0.15) is 5.82 Å². The molecule has 0 unspecified atom stereocenters. The van der Waals surface area contributed by atoms with Gasteiger partial charge in [0.25, 0.3) is 5.91 Å². The molecule has 2 N–H and O–H groups in total. The van der Waals surface area contributed by atoms with Crippen LogP contribution in [0.15, 0.2) is 24.3 Å². The summed E-state index contributed by atoms with van der Waals surface area (Å²) >= 11 is 0. The van der Waals surface area contributed by atoms with Crippen molar-refractivity contribution in [2.45, 2.75) is 52.0 Å². The number of nitrogens with zero attached hydrogens (tertiary/aromatic N) is 1. The molecule has 0 radical (unpaired) electrons. The van der Waals surface area contributed by atoms with E-state index in [1.54, 1.807) is 6.07 Å². The van der Waals surface area contributed by atoms with E-state index >= 15 is 0 Å². The summed E-state index contributed by atoms with van der Waals surface area (Å²) in [4.78, 5) is 12.1. The summed E-state index contributed by atoms with van der Waals surface area (Å²) in [5.41, 5.74) is 9.85. The van der Waals surface area contributed by atoms with Crippen molar-refractivity contribution in [2.75, 3.05) is 0 Å². The molecule has 0 atom stereocenters. The van der Waals surface area contributed by atoms with Gasteiger partial charge in [0.2, 0.25) is 0 Å². The number of aromatic nitrogens is 1. The van der Waals surface area contributed by atoms with Crippen LogP contribution in [-0.2, 0) is 6.42 Å². The molecule has 0 saturated heterocycles. The molecule has 1 fully saturated rings. The third kappa shape index (κ3) is 2.90. The summed E-state index contributed by atoms with van der Waals surface area (Å²) < 4.78 is 16.0. The van der Waals surface area contributed by atoms with E-state index < -0.39 is 5.91 Å². The smallest absolute Gasteiger partial charge is 0.251 e. The Bertz CT molecular complexity index is 744. The summed E-state index contributed by atoms with van der Waals surface area (Å²) in [7, 11) is 0. The number of rotatable bonds is 6. The van der Waals surface area contributed by atoms with Crippen molar-refractivity contribution in [3.63, 3.8) is 0 Å². The molecule has 3 rings (SSSR count). The molecule has 2 aromatic rings. The Morgan fingerprint density at radius 1 is 1.39 bits per heavy atom. The number of nitrogens with two attached hydrogens (primary N) is 1. The highest BCUT2D eigenvalue weighted by molar-refractivity contribution is 6.02. The lowest BCUT2D eigenvalue weighted by Crippen LogP contribution is -2.13. The SMILES string of the molecule is CCCCc1c(-c2cccc(F)c2)c(C(N)=O)c(C)n1C1CC1. The molecule has 1 heterocycles. The van der Waals surface area contributed by atoms with E-state index in [1.807, 2.05) is 13.0 Å². The van der Waals surface area contributed by atoms with Gasteiger partial charge in [-0.1, -0.05) is 25.5 Å². The molecule has 1 aliphatic rings. The van der Waals surface area contributed by atoms with Crippen LogP contribution < -0.4 is 5.73 Å². The van der Waals surface area contributed by atoms with Gasteiger partial charge in [-0.05, 0) is 50.3 Å². The Morgan fingerprint density at radius 2 is 2.13 bits per heavy atom. The van der Waals surface area contributed by atoms with Crippen LogP contribution in [0.2, 0.25) is 0 Å². The van der Waals surface area contributed by atoms with E-state index in [9.17, 15) is 9.18 Å². The van der Waals surface area contributed by atoms with Gasteiger partial charge in [-0.25, -0.2) is 4.39 Å². The van der Waals surface area contributed by atoms with Gasteiger partial charge >= 0.3 is 0 Å². The molecule has 1 aliphatic carbocycles. The third-order valence-electron chi connectivity index (χ3n) is 4.59. The maximum absolute atomic E-state index is 13.7. The standard InChI is InChI=1S/C19H23FN2O/c1-3-4-8-16-18(13-6-5-7-14(20)11-13)17(19(21)23)12(2)22(16)15-9-10-15/h5-7,11,15H,3-4,8-10H2,1-2H3,(H2,21,23). The number of amides is 1. The van der Waals surface area contributed by atoms with Gasteiger partial charge in [-0.2, -0.15) is 0 Å². The highest BCUT2D eigenvalue weighted by atomic mass is 19.1. The first kappa shape index (κ1) is 15.8. The fourth-order valence-corrected chi connectivity index (χ4v) is 3.44. The third-order valence-corrected chi connectivity index (χ3v) is 4.59.